The molecule has 0 bridgehead atoms. The highest BCUT2D eigenvalue weighted by atomic mass is 32.1. The molecule has 0 fully saturated rings. The maximum atomic E-state index is 13.2. The molecule has 7 heteroatoms. The van der Waals surface area contributed by atoms with E-state index < -0.39 is 5.97 Å². The summed E-state index contributed by atoms with van der Waals surface area (Å²) in [5, 5.41) is 12.1. The van der Waals surface area contributed by atoms with Gasteiger partial charge in [0.05, 0.1) is 35.3 Å². The fourth-order valence-corrected chi connectivity index (χ4v) is 4.60. The van der Waals surface area contributed by atoms with Crippen molar-refractivity contribution in [1.29, 1.82) is 0 Å². The zero-order chi connectivity index (χ0) is 22.7. The SMILES string of the molecule is C[C@H](NC(=O)c1c(C#Cc2ccc(F)cc2)sc2c1COCC2)c1ccc(C(=O)O)cc1. The number of benzene rings is 2. The molecule has 1 aliphatic heterocycles. The summed E-state index contributed by atoms with van der Waals surface area (Å²) in [5.74, 6) is 4.51. The lowest BCUT2D eigenvalue weighted by Gasteiger charge is -2.17. The van der Waals surface area contributed by atoms with E-state index in [2.05, 4.69) is 17.2 Å². The van der Waals surface area contributed by atoms with Crippen molar-refractivity contribution in [1.82, 2.24) is 5.32 Å². The number of fused-ring (bicyclic) bond motifs is 1. The number of rotatable bonds is 4. The third kappa shape index (κ3) is 4.72. The number of thiophene rings is 1. The van der Waals surface area contributed by atoms with E-state index in [9.17, 15) is 14.0 Å². The third-order valence-corrected chi connectivity index (χ3v) is 6.41. The van der Waals surface area contributed by atoms with Crippen LogP contribution in [0, 0.1) is 17.7 Å². The van der Waals surface area contributed by atoms with E-state index in [0.717, 1.165) is 22.4 Å². The Bertz CT molecular complexity index is 1220. The molecule has 3 aromatic rings. The quantitative estimate of drug-likeness (QED) is 0.573. The second-order valence-corrected chi connectivity index (χ2v) is 8.49. The number of carbonyl (C=O) groups excluding carboxylic acids is 1. The van der Waals surface area contributed by atoms with Gasteiger partial charge < -0.3 is 15.2 Å². The molecule has 1 aliphatic rings. The molecule has 0 unspecified atom stereocenters. The van der Waals surface area contributed by atoms with Gasteiger partial charge in [-0.05, 0) is 54.8 Å². The smallest absolute Gasteiger partial charge is 0.335 e. The number of carbonyl (C=O) groups is 2. The Labute approximate surface area is 188 Å². The van der Waals surface area contributed by atoms with Gasteiger partial charge in [-0.15, -0.1) is 11.3 Å². The van der Waals surface area contributed by atoms with Crippen LogP contribution in [0.5, 0.6) is 0 Å². The van der Waals surface area contributed by atoms with Crippen molar-refractivity contribution in [2.75, 3.05) is 6.61 Å². The van der Waals surface area contributed by atoms with Gasteiger partial charge in [0.15, 0.2) is 0 Å². The number of aromatic carboxylic acids is 1. The molecule has 2 aromatic carbocycles. The Hall–Kier alpha value is -3.47. The molecule has 2 heterocycles. The predicted molar refractivity (Wildman–Crippen MR) is 119 cm³/mol. The summed E-state index contributed by atoms with van der Waals surface area (Å²) in [4.78, 5) is 26.0. The van der Waals surface area contributed by atoms with E-state index in [-0.39, 0.29) is 23.3 Å². The molecular formula is C25H20FNO4S. The second kappa shape index (κ2) is 9.35. The van der Waals surface area contributed by atoms with Gasteiger partial charge in [0.2, 0.25) is 0 Å². The lowest BCUT2D eigenvalue weighted by Crippen LogP contribution is -2.28. The van der Waals surface area contributed by atoms with Crippen LogP contribution < -0.4 is 5.32 Å². The highest BCUT2D eigenvalue weighted by Gasteiger charge is 2.26. The summed E-state index contributed by atoms with van der Waals surface area (Å²) >= 11 is 1.49. The molecule has 1 amide bonds. The number of ether oxygens (including phenoxy) is 1. The van der Waals surface area contributed by atoms with Gasteiger partial charge in [-0.2, -0.15) is 0 Å². The molecule has 5 nitrogen and oxygen atoms in total. The van der Waals surface area contributed by atoms with E-state index in [1.165, 1.54) is 35.6 Å². The van der Waals surface area contributed by atoms with Gasteiger partial charge in [0, 0.05) is 22.4 Å². The summed E-state index contributed by atoms with van der Waals surface area (Å²) in [5.41, 5.74) is 3.01. The zero-order valence-electron chi connectivity index (χ0n) is 17.3. The molecule has 4 rings (SSSR count). The van der Waals surface area contributed by atoms with Crippen LogP contribution in [-0.4, -0.2) is 23.6 Å². The van der Waals surface area contributed by atoms with Crippen molar-refractivity contribution in [2.45, 2.75) is 26.0 Å². The Morgan fingerprint density at radius 3 is 2.53 bits per heavy atom. The average molecular weight is 450 g/mol. The number of hydrogen-bond acceptors (Lipinski definition) is 4. The summed E-state index contributed by atoms with van der Waals surface area (Å²) in [7, 11) is 0. The fourth-order valence-electron chi connectivity index (χ4n) is 3.46. The van der Waals surface area contributed by atoms with Crippen LogP contribution in [0.2, 0.25) is 0 Å². The molecule has 1 aromatic heterocycles. The predicted octanol–water partition coefficient (Wildman–Crippen LogP) is 4.55. The third-order valence-electron chi connectivity index (χ3n) is 5.21. The number of halogens is 1. The molecule has 32 heavy (non-hydrogen) atoms. The fraction of sp³-hybridized carbons (Fsp3) is 0.200. The Kier molecular flexibility index (Phi) is 6.35. The highest BCUT2D eigenvalue weighted by Crippen LogP contribution is 2.32. The van der Waals surface area contributed by atoms with E-state index in [1.807, 2.05) is 6.92 Å². The molecule has 0 saturated heterocycles. The average Bonchev–Trinajstić information content (AvgIpc) is 3.17. The Balaban J connectivity index is 1.61. The van der Waals surface area contributed by atoms with E-state index in [1.54, 1.807) is 24.3 Å². The van der Waals surface area contributed by atoms with Crippen molar-refractivity contribution < 1.29 is 23.8 Å². The lowest BCUT2D eigenvalue weighted by atomic mass is 10.0. The van der Waals surface area contributed by atoms with Crippen molar-refractivity contribution in [3.8, 4) is 11.8 Å². The molecule has 0 saturated carbocycles. The van der Waals surface area contributed by atoms with Crippen molar-refractivity contribution in [2.24, 2.45) is 0 Å². The van der Waals surface area contributed by atoms with Crippen LogP contribution in [0.3, 0.4) is 0 Å². The van der Waals surface area contributed by atoms with Crippen LogP contribution in [0.1, 0.15) is 60.1 Å². The largest absolute Gasteiger partial charge is 0.478 e. The van der Waals surface area contributed by atoms with Crippen LogP contribution in [-0.2, 0) is 17.8 Å². The van der Waals surface area contributed by atoms with Gasteiger partial charge in [-0.1, -0.05) is 18.1 Å². The van der Waals surface area contributed by atoms with Crippen molar-refractivity contribution in [3.63, 3.8) is 0 Å². The van der Waals surface area contributed by atoms with E-state index in [0.29, 0.717) is 29.2 Å². The van der Waals surface area contributed by atoms with Crippen molar-refractivity contribution >= 4 is 23.2 Å². The van der Waals surface area contributed by atoms with Gasteiger partial charge >= 0.3 is 5.97 Å². The van der Waals surface area contributed by atoms with Crippen LogP contribution in [0.25, 0.3) is 0 Å². The number of amides is 1. The summed E-state index contributed by atoms with van der Waals surface area (Å²) in [6.07, 6.45) is 0.727. The minimum Gasteiger partial charge on any atom is -0.478 e. The first kappa shape index (κ1) is 21.8. The summed E-state index contributed by atoms with van der Waals surface area (Å²) < 4.78 is 18.7. The molecule has 2 N–H and O–H groups in total. The van der Waals surface area contributed by atoms with Gasteiger partial charge in [-0.25, -0.2) is 9.18 Å². The number of nitrogens with one attached hydrogen (secondary N) is 1. The minimum atomic E-state index is -0.998. The minimum absolute atomic E-state index is 0.190. The summed E-state index contributed by atoms with van der Waals surface area (Å²) in [6, 6.07) is 12.0. The monoisotopic (exact) mass is 449 g/mol. The first-order valence-electron chi connectivity index (χ1n) is 10.1. The molecular weight excluding hydrogens is 429 g/mol. The van der Waals surface area contributed by atoms with Crippen LogP contribution in [0.4, 0.5) is 4.39 Å². The topological polar surface area (TPSA) is 75.6 Å². The van der Waals surface area contributed by atoms with Gasteiger partial charge in [0.25, 0.3) is 5.91 Å². The maximum Gasteiger partial charge on any atom is 0.335 e. The second-order valence-electron chi connectivity index (χ2n) is 7.39. The normalized spacial score (nSPS) is 13.4. The molecule has 0 radical (unpaired) electrons. The molecule has 0 spiro atoms. The van der Waals surface area contributed by atoms with Crippen LogP contribution in [0.15, 0.2) is 48.5 Å². The maximum absolute atomic E-state index is 13.2. The zero-order valence-corrected chi connectivity index (χ0v) is 18.1. The highest BCUT2D eigenvalue weighted by molar-refractivity contribution is 7.13. The number of carboxylic acids is 1. The summed E-state index contributed by atoms with van der Waals surface area (Å²) in [6.45, 7) is 2.80. The van der Waals surface area contributed by atoms with E-state index in [4.69, 9.17) is 9.84 Å². The first-order valence-corrected chi connectivity index (χ1v) is 10.9. The standard InChI is InChI=1S/C25H20FNO4S/c1-15(17-5-7-18(8-6-17)25(29)30)27-24(28)23-20-14-31-13-12-21(20)32-22(23)11-4-16-2-9-19(26)10-3-16/h2-3,5-10,15H,12-14H2,1H3,(H,27,28)(H,29,30)/t15-/m0/s1. The Morgan fingerprint density at radius 1 is 1.12 bits per heavy atom. The molecule has 0 aliphatic carbocycles. The first-order chi connectivity index (χ1) is 15.4. The van der Waals surface area contributed by atoms with Crippen LogP contribution >= 0.6 is 11.3 Å². The Morgan fingerprint density at radius 2 is 1.84 bits per heavy atom. The van der Waals surface area contributed by atoms with Crippen molar-refractivity contribution in [3.05, 3.63) is 91.9 Å². The van der Waals surface area contributed by atoms with Gasteiger partial charge in [-0.3, -0.25) is 4.79 Å². The van der Waals surface area contributed by atoms with Gasteiger partial charge in [0.1, 0.15) is 5.82 Å². The molecule has 162 valence electrons. The molecule has 1 atom stereocenters. The number of carboxylic acid groups (broad SMARTS) is 1. The lowest BCUT2D eigenvalue weighted by molar-refractivity contribution is 0.0696. The number of hydrogen-bond donors (Lipinski definition) is 2. The van der Waals surface area contributed by atoms with E-state index >= 15 is 0 Å².